The number of fused-ring (bicyclic) bond motifs is 3. The highest BCUT2D eigenvalue weighted by Crippen LogP contribution is 2.46. The molecule has 0 spiro atoms. The van der Waals surface area contributed by atoms with Crippen molar-refractivity contribution in [1.29, 1.82) is 0 Å². The molecule has 0 aliphatic carbocycles. The van der Waals surface area contributed by atoms with Gasteiger partial charge in [0.15, 0.2) is 8.24 Å². The van der Waals surface area contributed by atoms with E-state index in [1.807, 2.05) is 0 Å². The van der Waals surface area contributed by atoms with Gasteiger partial charge in [0, 0.05) is 21.8 Å². The standard InChI is InChI=1S/C23H33NSi/c1-8-19-13-14-23-21(15-19)20-11-9-10-12-22(20)24(23)25(16(2)3,17(4)5)18(6)7/h9-18H,8H2,1-7H3. The molecule has 1 nitrogen and oxygen atoms in total. The fourth-order valence-corrected chi connectivity index (χ4v) is 12.2. The Labute approximate surface area is 154 Å². The normalized spacial score (nSPS) is 13.0. The van der Waals surface area contributed by atoms with E-state index in [0.717, 1.165) is 6.42 Å². The number of rotatable bonds is 5. The summed E-state index contributed by atoms with van der Waals surface area (Å²) in [6, 6.07) is 16.2. The molecule has 0 atom stereocenters. The van der Waals surface area contributed by atoms with E-state index in [4.69, 9.17) is 0 Å². The Hall–Kier alpha value is -1.54. The Morgan fingerprint density at radius 1 is 0.760 bits per heavy atom. The van der Waals surface area contributed by atoms with Crippen molar-refractivity contribution in [2.24, 2.45) is 0 Å². The van der Waals surface area contributed by atoms with Gasteiger partial charge in [0.05, 0.1) is 0 Å². The van der Waals surface area contributed by atoms with E-state index in [-0.39, 0.29) is 0 Å². The minimum atomic E-state index is -1.79. The van der Waals surface area contributed by atoms with Gasteiger partial charge in [-0.15, -0.1) is 0 Å². The van der Waals surface area contributed by atoms with Crippen LogP contribution in [0.5, 0.6) is 0 Å². The Kier molecular flexibility index (Phi) is 4.85. The van der Waals surface area contributed by atoms with Gasteiger partial charge < -0.3 is 4.23 Å². The predicted molar refractivity (Wildman–Crippen MR) is 115 cm³/mol. The van der Waals surface area contributed by atoms with Gasteiger partial charge >= 0.3 is 0 Å². The van der Waals surface area contributed by atoms with Crippen molar-refractivity contribution in [3.63, 3.8) is 0 Å². The highest BCUT2D eigenvalue weighted by atomic mass is 28.3. The molecule has 2 aromatic carbocycles. The van der Waals surface area contributed by atoms with Crippen molar-refractivity contribution >= 4 is 30.0 Å². The second kappa shape index (κ2) is 6.64. The molecule has 0 radical (unpaired) electrons. The Balaban J connectivity index is 2.52. The molecule has 3 rings (SSSR count). The summed E-state index contributed by atoms with van der Waals surface area (Å²) in [6.45, 7) is 17.0. The lowest BCUT2D eigenvalue weighted by atomic mass is 10.1. The third kappa shape index (κ3) is 2.57. The highest BCUT2D eigenvalue weighted by Gasteiger charge is 2.46. The molecular formula is C23H33NSi. The van der Waals surface area contributed by atoms with E-state index in [9.17, 15) is 0 Å². The first-order valence-electron chi connectivity index (χ1n) is 9.88. The van der Waals surface area contributed by atoms with Gasteiger partial charge in [0.2, 0.25) is 0 Å². The fourth-order valence-electron chi connectivity index (χ4n) is 5.43. The van der Waals surface area contributed by atoms with Crippen LogP contribution in [0, 0.1) is 0 Å². The van der Waals surface area contributed by atoms with Gasteiger partial charge in [-0.05, 0) is 46.8 Å². The second-order valence-electron chi connectivity index (χ2n) is 8.41. The van der Waals surface area contributed by atoms with Crippen molar-refractivity contribution in [2.75, 3.05) is 0 Å². The van der Waals surface area contributed by atoms with Crippen molar-refractivity contribution in [3.05, 3.63) is 48.0 Å². The minimum Gasteiger partial charge on any atom is -0.367 e. The van der Waals surface area contributed by atoms with Gasteiger partial charge in [-0.25, -0.2) is 0 Å². The van der Waals surface area contributed by atoms with Crippen LogP contribution < -0.4 is 0 Å². The molecule has 3 aromatic rings. The summed E-state index contributed by atoms with van der Waals surface area (Å²) < 4.78 is 2.82. The van der Waals surface area contributed by atoms with E-state index in [0.29, 0.717) is 16.6 Å². The smallest absolute Gasteiger partial charge is 0.170 e. The maximum atomic E-state index is 2.82. The van der Waals surface area contributed by atoms with E-state index < -0.39 is 8.24 Å². The summed E-state index contributed by atoms with van der Waals surface area (Å²) in [7, 11) is -1.79. The van der Waals surface area contributed by atoms with Gasteiger partial charge in [-0.2, -0.15) is 0 Å². The lowest BCUT2D eigenvalue weighted by molar-refractivity contribution is 0.779. The Bertz CT molecular complexity index is 864. The summed E-state index contributed by atoms with van der Waals surface area (Å²) >= 11 is 0. The predicted octanol–water partition coefficient (Wildman–Crippen LogP) is 7.38. The minimum absolute atomic E-state index is 0.692. The first-order valence-corrected chi connectivity index (χ1v) is 12.1. The summed E-state index contributed by atoms with van der Waals surface area (Å²) in [4.78, 5) is 0. The van der Waals surface area contributed by atoms with E-state index >= 15 is 0 Å². The quantitative estimate of drug-likeness (QED) is 0.422. The van der Waals surface area contributed by atoms with Crippen LogP contribution in [0.25, 0.3) is 21.8 Å². The topological polar surface area (TPSA) is 4.93 Å². The molecule has 1 heterocycles. The van der Waals surface area contributed by atoms with Crippen molar-refractivity contribution < 1.29 is 0 Å². The van der Waals surface area contributed by atoms with E-state index in [1.54, 1.807) is 0 Å². The van der Waals surface area contributed by atoms with Crippen LogP contribution in [0.1, 0.15) is 54.0 Å². The Morgan fingerprint density at radius 2 is 1.32 bits per heavy atom. The molecule has 2 heteroatoms. The molecule has 0 saturated carbocycles. The van der Waals surface area contributed by atoms with Crippen LogP contribution in [0.3, 0.4) is 0 Å². The number of hydrogen-bond donors (Lipinski definition) is 0. The third-order valence-corrected chi connectivity index (χ3v) is 13.1. The number of benzene rings is 2. The zero-order chi connectivity index (χ0) is 18.4. The second-order valence-corrected chi connectivity index (χ2v) is 14.1. The molecule has 0 aliphatic rings. The summed E-state index contributed by atoms with van der Waals surface area (Å²) in [6.07, 6.45) is 1.09. The Morgan fingerprint density at radius 3 is 1.88 bits per heavy atom. The van der Waals surface area contributed by atoms with Crippen LogP contribution in [0.2, 0.25) is 16.6 Å². The van der Waals surface area contributed by atoms with Crippen LogP contribution in [0.15, 0.2) is 42.5 Å². The molecular weight excluding hydrogens is 318 g/mol. The average molecular weight is 352 g/mol. The number of hydrogen-bond acceptors (Lipinski definition) is 0. The molecule has 0 amide bonds. The average Bonchev–Trinajstić information content (AvgIpc) is 2.89. The maximum Gasteiger partial charge on any atom is 0.170 e. The van der Waals surface area contributed by atoms with Gasteiger partial charge in [-0.1, -0.05) is 72.7 Å². The van der Waals surface area contributed by atoms with Crippen LogP contribution >= 0.6 is 0 Å². The first kappa shape index (κ1) is 18.3. The summed E-state index contributed by atoms with van der Waals surface area (Å²) in [5.74, 6) is 0. The maximum absolute atomic E-state index is 2.82. The van der Waals surface area contributed by atoms with Crippen molar-refractivity contribution in [3.8, 4) is 0 Å². The van der Waals surface area contributed by atoms with Crippen LogP contribution in [-0.4, -0.2) is 12.5 Å². The molecule has 25 heavy (non-hydrogen) atoms. The molecule has 134 valence electrons. The molecule has 1 aromatic heterocycles. The third-order valence-electron chi connectivity index (χ3n) is 6.31. The number of para-hydroxylation sites is 1. The van der Waals surface area contributed by atoms with Gasteiger partial charge in [-0.3, -0.25) is 0 Å². The molecule has 0 unspecified atom stereocenters. The van der Waals surface area contributed by atoms with Gasteiger partial charge in [0.25, 0.3) is 0 Å². The number of aromatic nitrogens is 1. The summed E-state index contributed by atoms with van der Waals surface area (Å²) in [5, 5.41) is 2.86. The largest absolute Gasteiger partial charge is 0.367 e. The van der Waals surface area contributed by atoms with Crippen molar-refractivity contribution in [1.82, 2.24) is 4.23 Å². The first-order chi connectivity index (χ1) is 11.9. The lowest BCUT2D eigenvalue weighted by Gasteiger charge is -2.45. The van der Waals surface area contributed by atoms with Crippen molar-refractivity contribution in [2.45, 2.75) is 71.5 Å². The van der Waals surface area contributed by atoms with Gasteiger partial charge in [0.1, 0.15) is 0 Å². The van der Waals surface area contributed by atoms with Crippen LogP contribution in [-0.2, 0) is 6.42 Å². The molecule has 0 aliphatic heterocycles. The number of aryl methyl sites for hydroxylation is 1. The molecule has 0 N–H and O–H groups in total. The van der Waals surface area contributed by atoms with E-state index in [1.165, 1.54) is 27.4 Å². The fraction of sp³-hybridized carbons (Fsp3) is 0.478. The monoisotopic (exact) mass is 351 g/mol. The zero-order valence-electron chi connectivity index (χ0n) is 16.9. The highest BCUT2D eigenvalue weighted by molar-refractivity contribution is 6.83. The zero-order valence-corrected chi connectivity index (χ0v) is 17.9. The number of nitrogens with zero attached hydrogens (tertiary/aromatic N) is 1. The molecule has 0 saturated heterocycles. The summed E-state index contributed by atoms with van der Waals surface area (Å²) in [5.41, 5.74) is 6.39. The SMILES string of the molecule is CCc1ccc2c(c1)c1ccccc1n2[Si](C(C)C)(C(C)C)C(C)C. The molecule has 0 fully saturated rings. The van der Waals surface area contributed by atoms with Crippen LogP contribution in [0.4, 0.5) is 0 Å². The molecule has 0 bridgehead atoms. The van der Waals surface area contributed by atoms with E-state index in [2.05, 4.69) is 95.2 Å². The lowest BCUT2D eigenvalue weighted by Crippen LogP contribution is -2.51.